The Morgan fingerprint density at radius 2 is 2.00 bits per heavy atom. The summed E-state index contributed by atoms with van der Waals surface area (Å²) in [6, 6.07) is 13.6. The van der Waals surface area contributed by atoms with Crippen LogP contribution in [0.25, 0.3) is 0 Å². The van der Waals surface area contributed by atoms with Crippen LogP contribution in [0.2, 0.25) is 0 Å². The molecule has 3 rings (SSSR count). The minimum atomic E-state index is 0.253. The van der Waals surface area contributed by atoms with Crippen LogP contribution in [0.15, 0.2) is 40.9 Å². The van der Waals surface area contributed by atoms with Crippen molar-refractivity contribution in [2.75, 3.05) is 13.1 Å². The van der Waals surface area contributed by atoms with Gasteiger partial charge >= 0.3 is 0 Å². The van der Waals surface area contributed by atoms with Gasteiger partial charge in [-0.1, -0.05) is 35.5 Å². The molecule has 0 aliphatic carbocycles. The number of likely N-dealkylation sites (tertiary alicyclic amines) is 1. The lowest BCUT2D eigenvalue weighted by molar-refractivity contribution is 0.184. The molecule has 1 aromatic carbocycles. The van der Waals surface area contributed by atoms with Crippen molar-refractivity contribution >= 4 is 0 Å². The number of aryl methyl sites for hydroxylation is 1. The van der Waals surface area contributed by atoms with E-state index in [1.807, 2.05) is 13.0 Å². The first-order chi connectivity index (χ1) is 10.7. The number of hydrogen-bond acceptors (Lipinski definition) is 4. The van der Waals surface area contributed by atoms with Gasteiger partial charge in [-0.25, -0.2) is 0 Å². The summed E-state index contributed by atoms with van der Waals surface area (Å²) in [7, 11) is 0. The molecule has 1 atom stereocenters. The Bertz CT molecular complexity index is 573. The molecule has 1 aliphatic heterocycles. The summed E-state index contributed by atoms with van der Waals surface area (Å²) in [5.74, 6) is 0.876. The molecule has 1 saturated heterocycles. The number of nitrogens with zero attached hydrogens (tertiary/aromatic N) is 2. The van der Waals surface area contributed by atoms with E-state index in [0.29, 0.717) is 6.04 Å². The predicted octanol–water partition coefficient (Wildman–Crippen LogP) is 3.30. The molecule has 2 aromatic rings. The summed E-state index contributed by atoms with van der Waals surface area (Å²) in [5, 5.41) is 7.79. The summed E-state index contributed by atoms with van der Waals surface area (Å²) in [5.41, 5.74) is 2.41. The van der Waals surface area contributed by atoms with E-state index in [2.05, 4.69) is 52.6 Å². The number of piperidine rings is 1. The van der Waals surface area contributed by atoms with Gasteiger partial charge in [0.1, 0.15) is 11.5 Å². The normalized spacial score (nSPS) is 18.5. The molecule has 118 valence electrons. The lowest BCUT2D eigenvalue weighted by Crippen LogP contribution is -2.43. The zero-order valence-electron chi connectivity index (χ0n) is 13.5. The monoisotopic (exact) mass is 299 g/mol. The van der Waals surface area contributed by atoms with Crippen molar-refractivity contribution in [2.45, 2.75) is 45.3 Å². The summed E-state index contributed by atoms with van der Waals surface area (Å²) >= 11 is 0. The highest BCUT2D eigenvalue weighted by atomic mass is 16.5. The van der Waals surface area contributed by atoms with Gasteiger partial charge in [-0.05, 0) is 45.3 Å². The minimum Gasteiger partial charge on any atom is -0.361 e. The van der Waals surface area contributed by atoms with Crippen molar-refractivity contribution in [1.29, 1.82) is 0 Å². The summed E-state index contributed by atoms with van der Waals surface area (Å²) < 4.78 is 5.16. The highest BCUT2D eigenvalue weighted by Gasteiger charge is 2.21. The average Bonchev–Trinajstić information content (AvgIpc) is 2.97. The summed E-state index contributed by atoms with van der Waals surface area (Å²) in [6.07, 6.45) is 2.38. The van der Waals surface area contributed by atoms with Gasteiger partial charge in [0.15, 0.2) is 0 Å². The zero-order chi connectivity index (χ0) is 15.4. The first kappa shape index (κ1) is 15.3. The first-order valence-electron chi connectivity index (χ1n) is 8.16. The summed E-state index contributed by atoms with van der Waals surface area (Å²) in [6.45, 7) is 7.46. The fourth-order valence-corrected chi connectivity index (χ4v) is 3.13. The molecule has 1 unspecified atom stereocenters. The standard InChI is InChI=1S/C18H25N3O/c1-14-12-18(20-22-14)15(2)19-17-8-10-21(11-9-17)13-16-6-4-3-5-7-16/h3-7,12,15,17,19H,8-11,13H2,1-2H3. The van der Waals surface area contributed by atoms with Crippen molar-refractivity contribution < 1.29 is 4.52 Å². The van der Waals surface area contributed by atoms with Crippen LogP contribution in [0, 0.1) is 6.92 Å². The van der Waals surface area contributed by atoms with Gasteiger partial charge < -0.3 is 9.84 Å². The molecular weight excluding hydrogens is 274 g/mol. The molecule has 4 heteroatoms. The number of rotatable bonds is 5. The quantitative estimate of drug-likeness (QED) is 0.920. The van der Waals surface area contributed by atoms with Crippen LogP contribution in [0.4, 0.5) is 0 Å². The second-order valence-electron chi connectivity index (χ2n) is 6.29. The average molecular weight is 299 g/mol. The Labute approximate surface area is 132 Å². The molecule has 0 spiro atoms. The Kier molecular flexibility index (Phi) is 4.90. The van der Waals surface area contributed by atoms with Crippen LogP contribution in [0.3, 0.4) is 0 Å². The fraction of sp³-hybridized carbons (Fsp3) is 0.500. The fourth-order valence-electron chi connectivity index (χ4n) is 3.13. The SMILES string of the molecule is Cc1cc(C(C)NC2CCN(Cc3ccccc3)CC2)no1. The van der Waals surface area contributed by atoms with Crippen LogP contribution < -0.4 is 5.32 Å². The number of aromatic nitrogens is 1. The van der Waals surface area contributed by atoms with Gasteiger partial charge in [-0.2, -0.15) is 0 Å². The van der Waals surface area contributed by atoms with Crippen LogP contribution in [0.1, 0.15) is 42.8 Å². The largest absolute Gasteiger partial charge is 0.361 e. The molecular formula is C18H25N3O. The van der Waals surface area contributed by atoms with Crippen molar-refractivity contribution in [2.24, 2.45) is 0 Å². The lowest BCUT2D eigenvalue weighted by Gasteiger charge is -2.33. The molecule has 2 heterocycles. The van der Waals surface area contributed by atoms with E-state index in [0.717, 1.165) is 31.1 Å². The van der Waals surface area contributed by atoms with E-state index in [-0.39, 0.29) is 6.04 Å². The van der Waals surface area contributed by atoms with Gasteiger partial charge in [0.2, 0.25) is 0 Å². The van der Waals surface area contributed by atoms with Crippen molar-refractivity contribution in [3.05, 3.63) is 53.4 Å². The molecule has 0 bridgehead atoms. The molecule has 0 amide bonds. The third-order valence-electron chi connectivity index (χ3n) is 4.41. The highest BCUT2D eigenvalue weighted by molar-refractivity contribution is 5.14. The summed E-state index contributed by atoms with van der Waals surface area (Å²) in [4.78, 5) is 2.54. The van der Waals surface area contributed by atoms with E-state index in [4.69, 9.17) is 4.52 Å². The van der Waals surface area contributed by atoms with Gasteiger partial charge in [-0.3, -0.25) is 4.90 Å². The maximum Gasteiger partial charge on any atom is 0.133 e. The molecule has 22 heavy (non-hydrogen) atoms. The van der Waals surface area contributed by atoms with Crippen molar-refractivity contribution in [3.63, 3.8) is 0 Å². The van der Waals surface area contributed by atoms with E-state index in [9.17, 15) is 0 Å². The Balaban J connectivity index is 1.45. The molecule has 1 fully saturated rings. The van der Waals surface area contributed by atoms with Crippen LogP contribution in [-0.4, -0.2) is 29.2 Å². The van der Waals surface area contributed by atoms with Crippen molar-refractivity contribution in [1.82, 2.24) is 15.4 Å². The van der Waals surface area contributed by atoms with E-state index in [1.165, 1.54) is 18.4 Å². The number of hydrogen-bond donors (Lipinski definition) is 1. The van der Waals surface area contributed by atoms with Gasteiger partial charge in [0.05, 0.1) is 6.04 Å². The molecule has 0 saturated carbocycles. The molecule has 1 aliphatic rings. The Morgan fingerprint density at radius 1 is 1.27 bits per heavy atom. The number of benzene rings is 1. The maximum absolute atomic E-state index is 5.16. The predicted molar refractivity (Wildman–Crippen MR) is 87.5 cm³/mol. The zero-order valence-corrected chi connectivity index (χ0v) is 13.5. The first-order valence-corrected chi connectivity index (χ1v) is 8.16. The van der Waals surface area contributed by atoms with Crippen molar-refractivity contribution in [3.8, 4) is 0 Å². The van der Waals surface area contributed by atoms with Gasteiger partial charge in [0.25, 0.3) is 0 Å². The van der Waals surface area contributed by atoms with E-state index in [1.54, 1.807) is 0 Å². The van der Waals surface area contributed by atoms with Crippen LogP contribution in [-0.2, 0) is 6.54 Å². The molecule has 0 radical (unpaired) electrons. The number of nitrogens with one attached hydrogen (secondary N) is 1. The third-order valence-corrected chi connectivity index (χ3v) is 4.41. The van der Waals surface area contributed by atoms with E-state index < -0.39 is 0 Å². The third kappa shape index (κ3) is 3.96. The lowest BCUT2D eigenvalue weighted by atomic mass is 10.0. The topological polar surface area (TPSA) is 41.3 Å². The molecule has 1 N–H and O–H groups in total. The smallest absolute Gasteiger partial charge is 0.133 e. The van der Waals surface area contributed by atoms with E-state index >= 15 is 0 Å². The molecule has 4 nitrogen and oxygen atoms in total. The van der Waals surface area contributed by atoms with Gasteiger partial charge in [-0.15, -0.1) is 0 Å². The van der Waals surface area contributed by atoms with Crippen LogP contribution in [0.5, 0.6) is 0 Å². The maximum atomic E-state index is 5.16. The Morgan fingerprint density at radius 3 is 2.64 bits per heavy atom. The van der Waals surface area contributed by atoms with Crippen LogP contribution >= 0.6 is 0 Å². The minimum absolute atomic E-state index is 0.253. The highest BCUT2D eigenvalue weighted by Crippen LogP contribution is 2.18. The Hall–Kier alpha value is -1.65. The second-order valence-corrected chi connectivity index (χ2v) is 6.29. The second kappa shape index (κ2) is 7.07. The van der Waals surface area contributed by atoms with Gasteiger partial charge in [0, 0.05) is 18.7 Å². The molecule has 1 aromatic heterocycles.